The summed E-state index contributed by atoms with van der Waals surface area (Å²) in [5.41, 5.74) is 1.09. The highest BCUT2D eigenvalue weighted by atomic mass is 35.5. The molecule has 2 nitrogen and oxygen atoms in total. The number of halogens is 1. The molecule has 2 rings (SSSR count). The second kappa shape index (κ2) is 4.27. The van der Waals surface area contributed by atoms with E-state index in [0.717, 1.165) is 30.2 Å². The summed E-state index contributed by atoms with van der Waals surface area (Å²) in [7, 11) is 0. The zero-order chi connectivity index (χ0) is 11.8. The highest BCUT2D eigenvalue weighted by Crippen LogP contribution is 2.32. The van der Waals surface area contributed by atoms with Crippen LogP contribution in [0.5, 0.6) is 0 Å². The largest absolute Gasteiger partial charge is 0.392 e. The van der Waals surface area contributed by atoms with Gasteiger partial charge in [-0.15, -0.1) is 0 Å². The Labute approximate surface area is 102 Å². The summed E-state index contributed by atoms with van der Waals surface area (Å²) in [6.07, 6.45) is 0.613. The molecule has 1 aromatic carbocycles. The molecular formula is C13H18ClNO. The molecule has 0 spiro atoms. The Balaban J connectivity index is 2.18. The molecule has 1 fully saturated rings. The zero-order valence-corrected chi connectivity index (χ0v) is 10.5. The van der Waals surface area contributed by atoms with Gasteiger partial charge in [-0.3, -0.25) is 0 Å². The molecule has 1 aliphatic rings. The number of nitrogens with zero attached hydrogens (tertiary/aromatic N) is 1. The van der Waals surface area contributed by atoms with Crippen molar-refractivity contribution in [2.75, 3.05) is 18.0 Å². The molecule has 1 heterocycles. The number of rotatable bonds is 1. The summed E-state index contributed by atoms with van der Waals surface area (Å²) in [4.78, 5) is 2.29. The van der Waals surface area contributed by atoms with E-state index in [1.54, 1.807) is 0 Å². The fraction of sp³-hybridized carbons (Fsp3) is 0.538. The molecule has 0 amide bonds. The first kappa shape index (κ1) is 11.7. The molecule has 1 unspecified atom stereocenters. The van der Waals surface area contributed by atoms with E-state index in [9.17, 15) is 5.11 Å². The second-order valence-electron chi connectivity index (χ2n) is 5.19. The normalized spacial score (nSPS) is 24.5. The standard InChI is InChI=1S/C13H18ClNO/c1-13(2)9-15(7-6-12(13)16)11-5-3-4-10(14)8-11/h3-5,8,12,16H,6-7,9H2,1-2H3. The van der Waals surface area contributed by atoms with Crippen LogP contribution in [0.25, 0.3) is 0 Å². The van der Waals surface area contributed by atoms with Gasteiger partial charge in [0.05, 0.1) is 6.10 Å². The van der Waals surface area contributed by atoms with Gasteiger partial charge in [0.15, 0.2) is 0 Å². The Kier molecular flexibility index (Phi) is 3.13. The Hall–Kier alpha value is -0.730. The molecule has 0 aliphatic carbocycles. The Morgan fingerprint density at radius 3 is 2.81 bits per heavy atom. The molecule has 3 heteroatoms. The van der Waals surface area contributed by atoms with Crippen LogP contribution in [0.1, 0.15) is 20.3 Å². The van der Waals surface area contributed by atoms with Crippen molar-refractivity contribution in [3.05, 3.63) is 29.3 Å². The van der Waals surface area contributed by atoms with E-state index in [2.05, 4.69) is 24.8 Å². The maximum atomic E-state index is 9.90. The quantitative estimate of drug-likeness (QED) is 0.815. The van der Waals surface area contributed by atoms with Crippen LogP contribution in [0.3, 0.4) is 0 Å². The number of aliphatic hydroxyl groups excluding tert-OH is 1. The topological polar surface area (TPSA) is 23.5 Å². The predicted octanol–water partition coefficient (Wildman–Crippen LogP) is 2.94. The van der Waals surface area contributed by atoms with Gasteiger partial charge < -0.3 is 10.0 Å². The van der Waals surface area contributed by atoms with Crippen molar-refractivity contribution in [2.24, 2.45) is 5.41 Å². The van der Waals surface area contributed by atoms with Crippen LogP contribution in [0, 0.1) is 5.41 Å². The predicted molar refractivity (Wildman–Crippen MR) is 68.1 cm³/mol. The van der Waals surface area contributed by atoms with E-state index in [1.807, 2.05) is 18.2 Å². The first-order valence-corrected chi connectivity index (χ1v) is 6.05. The molecule has 1 aromatic rings. The maximum Gasteiger partial charge on any atom is 0.0624 e. The van der Waals surface area contributed by atoms with E-state index < -0.39 is 0 Å². The van der Waals surface area contributed by atoms with Crippen molar-refractivity contribution in [1.82, 2.24) is 0 Å². The lowest BCUT2D eigenvalue weighted by atomic mass is 9.81. The summed E-state index contributed by atoms with van der Waals surface area (Å²) in [5.74, 6) is 0. The van der Waals surface area contributed by atoms with Crippen LogP contribution in [0.2, 0.25) is 5.02 Å². The SMILES string of the molecule is CC1(C)CN(c2cccc(Cl)c2)CCC1O. The first-order valence-electron chi connectivity index (χ1n) is 5.68. The van der Waals surface area contributed by atoms with Gasteiger partial charge in [-0.25, -0.2) is 0 Å². The van der Waals surface area contributed by atoms with Crippen LogP contribution in [0.4, 0.5) is 5.69 Å². The van der Waals surface area contributed by atoms with Crippen molar-refractivity contribution < 1.29 is 5.11 Å². The third-order valence-corrected chi connectivity index (χ3v) is 3.58. The van der Waals surface area contributed by atoms with Gasteiger partial charge in [0.2, 0.25) is 0 Å². The van der Waals surface area contributed by atoms with Crippen molar-refractivity contribution in [3.8, 4) is 0 Å². The molecule has 1 saturated heterocycles. The Morgan fingerprint density at radius 1 is 1.44 bits per heavy atom. The van der Waals surface area contributed by atoms with Crippen LogP contribution in [0.15, 0.2) is 24.3 Å². The van der Waals surface area contributed by atoms with Crippen LogP contribution >= 0.6 is 11.6 Å². The number of piperidine rings is 1. The average molecular weight is 240 g/mol. The smallest absolute Gasteiger partial charge is 0.0624 e. The number of benzene rings is 1. The summed E-state index contributed by atoms with van der Waals surface area (Å²) in [6, 6.07) is 7.90. The summed E-state index contributed by atoms with van der Waals surface area (Å²) < 4.78 is 0. The van der Waals surface area contributed by atoms with E-state index in [1.165, 1.54) is 0 Å². The Bertz CT molecular complexity index is 378. The molecule has 0 saturated carbocycles. The highest BCUT2D eigenvalue weighted by molar-refractivity contribution is 6.30. The average Bonchev–Trinajstić information content (AvgIpc) is 2.22. The third-order valence-electron chi connectivity index (χ3n) is 3.35. The van der Waals surface area contributed by atoms with Gasteiger partial charge >= 0.3 is 0 Å². The summed E-state index contributed by atoms with van der Waals surface area (Å²) in [6.45, 7) is 5.97. The number of aliphatic hydroxyl groups is 1. The molecule has 88 valence electrons. The zero-order valence-electron chi connectivity index (χ0n) is 9.78. The lowest BCUT2D eigenvalue weighted by molar-refractivity contribution is 0.0336. The lowest BCUT2D eigenvalue weighted by Crippen LogP contribution is -2.48. The number of hydrogen-bond acceptors (Lipinski definition) is 2. The van der Waals surface area contributed by atoms with Gasteiger partial charge in [0, 0.05) is 29.2 Å². The van der Waals surface area contributed by atoms with Crippen molar-refractivity contribution in [1.29, 1.82) is 0 Å². The molecule has 0 bridgehead atoms. The monoisotopic (exact) mass is 239 g/mol. The highest BCUT2D eigenvalue weighted by Gasteiger charge is 2.34. The Morgan fingerprint density at radius 2 is 2.19 bits per heavy atom. The second-order valence-corrected chi connectivity index (χ2v) is 5.63. The van der Waals surface area contributed by atoms with Crippen LogP contribution < -0.4 is 4.90 Å². The van der Waals surface area contributed by atoms with Crippen molar-refractivity contribution in [2.45, 2.75) is 26.4 Å². The fourth-order valence-electron chi connectivity index (χ4n) is 2.24. The third kappa shape index (κ3) is 2.33. The van der Waals surface area contributed by atoms with Gasteiger partial charge in [-0.05, 0) is 24.6 Å². The molecule has 1 N–H and O–H groups in total. The summed E-state index contributed by atoms with van der Waals surface area (Å²) >= 11 is 5.99. The van der Waals surface area contributed by atoms with E-state index in [0.29, 0.717) is 0 Å². The fourth-order valence-corrected chi connectivity index (χ4v) is 2.42. The van der Waals surface area contributed by atoms with Crippen molar-refractivity contribution >= 4 is 17.3 Å². The van der Waals surface area contributed by atoms with Gasteiger partial charge in [-0.2, -0.15) is 0 Å². The molecule has 0 aromatic heterocycles. The van der Waals surface area contributed by atoms with E-state index in [-0.39, 0.29) is 11.5 Å². The van der Waals surface area contributed by atoms with E-state index >= 15 is 0 Å². The van der Waals surface area contributed by atoms with Gasteiger partial charge in [-0.1, -0.05) is 31.5 Å². The minimum absolute atomic E-state index is 0.0550. The van der Waals surface area contributed by atoms with E-state index in [4.69, 9.17) is 11.6 Å². The van der Waals surface area contributed by atoms with Gasteiger partial charge in [0.1, 0.15) is 0 Å². The number of anilines is 1. The molecule has 1 aliphatic heterocycles. The first-order chi connectivity index (χ1) is 7.49. The van der Waals surface area contributed by atoms with Crippen LogP contribution in [-0.2, 0) is 0 Å². The lowest BCUT2D eigenvalue weighted by Gasteiger charge is -2.43. The number of hydrogen-bond donors (Lipinski definition) is 1. The van der Waals surface area contributed by atoms with Crippen molar-refractivity contribution in [3.63, 3.8) is 0 Å². The molecular weight excluding hydrogens is 222 g/mol. The molecule has 0 radical (unpaired) electrons. The molecule has 1 atom stereocenters. The van der Waals surface area contributed by atoms with Gasteiger partial charge in [0.25, 0.3) is 0 Å². The molecule has 16 heavy (non-hydrogen) atoms. The minimum Gasteiger partial charge on any atom is -0.392 e. The maximum absolute atomic E-state index is 9.90. The van der Waals surface area contributed by atoms with Crippen LogP contribution in [-0.4, -0.2) is 24.3 Å². The minimum atomic E-state index is -0.206. The summed E-state index contributed by atoms with van der Waals surface area (Å²) in [5, 5.41) is 10.7.